The van der Waals surface area contributed by atoms with Crippen molar-refractivity contribution in [2.24, 2.45) is 0 Å². The molecule has 0 amide bonds. The first kappa shape index (κ1) is 25.8. The fourth-order valence-electron chi connectivity index (χ4n) is 7.35. The summed E-state index contributed by atoms with van der Waals surface area (Å²) in [5.74, 6) is 0. The molecule has 0 radical (unpaired) electrons. The molecule has 4 aliphatic heterocycles. The molecule has 6 nitrogen and oxygen atoms in total. The topological polar surface area (TPSA) is 36.4 Å². The maximum Gasteiger partial charge on any atom is 0.0558 e. The largest absolute Gasteiger partial charge is 0.395 e. The summed E-state index contributed by atoms with van der Waals surface area (Å²) < 4.78 is 0. The highest BCUT2D eigenvalue weighted by atomic mass is 16.3. The molecule has 0 aromatic carbocycles. The van der Waals surface area contributed by atoms with Crippen LogP contribution < -0.4 is 0 Å². The number of hydrogen-bond acceptors (Lipinski definition) is 6. The van der Waals surface area contributed by atoms with Crippen molar-refractivity contribution >= 4 is 0 Å². The number of piperidine rings is 1. The fourth-order valence-corrected chi connectivity index (χ4v) is 7.35. The van der Waals surface area contributed by atoms with Crippen molar-refractivity contribution in [3.05, 3.63) is 0 Å². The SMILES string of the molecule is CC(C)(C)N1CCC(N2CCCC2)CC1C1CC(N2CCN(CCO)CC2)CN1C(C)(C)C. The van der Waals surface area contributed by atoms with Crippen LogP contribution in [0.15, 0.2) is 0 Å². The Kier molecular flexibility index (Phi) is 8.14. The molecule has 0 spiro atoms. The van der Waals surface area contributed by atoms with Crippen molar-refractivity contribution < 1.29 is 5.11 Å². The molecule has 0 aromatic rings. The maximum atomic E-state index is 9.32. The van der Waals surface area contributed by atoms with Crippen molar-refractivity contribution in [3.63, 3.8) is 0 Å². The third kappa shape index (κ3) is 5.95. The Labute approximate surface area is 204 Å². The van der Waals surface area contributed by atoms with Crippen molar-refractivity contribution in [1.29, 1.82) is 0 Å². The van der Waals surface area contributed by atoms with Gasteiger partial charge in [-0.05, 0) is 86.7 Å². The number of aliphatic hydroxyl groups excluding tert-OH is 1. The van der Waals surface area contributed by atoms with Gasteiger partial charge in [0.25, 0.3) is 0 Å². The quantitative estimate of drug-likeness (QED) is 0.675. The van der Waals surface area contributed by atoms with Gasteiger partial charge in [-0.2, -0.15) is 0 Å². The molecule has 0 aliphatic carbocycles. The van der Waals surface area contributed by atoms with Crippen LogP contribution in [0.25, 0.3) is 0 Å². The average Bonchev–Trinajstić information content (AvgIpc) is 3.44. The lowest BCUT2D eigenvalue weighted by Crippen LogP contribution is -2.63. The number of β-amino-alcohol motifs (C(OH)–C–C–N with tert-alkyl or cyclic N) is 1. The molecule has 1 N–H and O–H groups in total. The molecular weight excluding hydrogens is 410 g/mol. The van der Waals surface area contributed by atoms with Crippen LogP contribution in [-0.2, 0) is 0 Å². The molecule has 4 rings (SSSR count). The van der Waals surface area contributed by atoms with Crippen molar-refractivity contribution in [3.8, 4) is 0 Å². The highest BCUT2D eigenvalue weighted by molar-refractivity contribution is 5.06. The lowest BCUT2D eigenvalue weighted by Gasteiger charge is -2.53. The number of likely N-dealkylation sites (tertiary alicyclic amines) is 3. The van der Waals surface area contributed by atoms with E-state index < -0.39 is 0 Å². The zero-order valence-corrected chi connectivity index (χ0v) is 22.6. The van der Waals surface area contributed by atoms with E-state index in [9.17, 15) is 5.11 Å². The average molecular weight is 464 g/mol. The van der Waals surface area contributed by atoms with E-state index in [0.29, 0.717) is 18.1 Å². The van der Waals surface area contributed by atoms with Gasteiger partial charge in [-0.3, -0.25) is 19.6 Å². The van der Waals surface area contributed by atoms with Crippen LogP contribution in [0.2, 0.25) is 0 Å². The molecule has 4 fully saturated rings. The molecule has 0 saturated carbocycles. The third-order valence-corrected chi connectivity index (χ3v) is 9.10. The Morgan fingerprint density at radius 3 is 1.79 bits per heavy atom. The molecule has 33 heavy (non-hydrogen) atoms. The minimum absolute atomic E-state index is 0.197. The van der Waals surface area contributed by atoms with Crippen LogP contribution in [0.5, 0.6) is 0 Å². The van der Waals surface area contributed by atoms with Gasteiger partial charge in [0.15, 0.2) is 0 Å². The summed E-state index contributed by atoms with van der Waals surface area (Å²) in [6.07, 6.45) is 6.77. The molecular formula is C27H53N5O. The summed E-state index contributed by atoms with van der Waals surface area (Å²) in [6, 6.07) is 2.72. The normalized spacial score (nSPS) is 35.0. The van der Waals surface area contributed by atoms with E-state index >= 15 is 0 Å². The summed E-state index contributed by atoms with van der Waals surface area (Å²) in [5.41, 5.74) is 0.417. The Hall–Kier alpha value is -0.240. The molecule has 0 bridgehead atoms. The van der Waals surface area contributed by atoms with Gasteiger partial charge in [-0.15, -0.1) is 0 Å². The first-order chi connectivity index (χ1) is 15.6. The Morgan fingerprint density at radius 1 is 0.667 bits per heavy atom. The second-order valence-electron chi connectivity index (χ2n) is 13.2. The zero-order valence-electron chi connectivity index (χ0n) is 22.6. The molecule has 4 unspecified atom stereocenters. The zero-order chi connectivity index (χ0) is 23.8. The molecule has 4 atom stereocenters. The van der Waals surface area contributed by atoms with Crippen LogP contribution >= 0.6 is 0 Å². The predicted octanol–water partition coefficient (Wildman–Crippen LogP) is 2.57. The van der Waals surface area contributed by atoms with Gasteiger partial charge in [-0.1, -0.05) is 0 Å². The van der Waals surface area contributed by atoms with Crippen LogP contribution in [0, 0.1) is 0 Å². The van der Waals surface area contributed by atoms with E-state index in [4.69, 9.17) is 0 Å². The second-order valence-corrected chi connectivity index (χ2v) is 13.2. The molecule has 4 saturated heterocycles. The van der Waals surface area contributed by atoms with Gasteiger partial charge >= 0.3 is 0 Å². The number of rotatable bonds is 5. The van der Waals surface area contributed by atoms with E-state index in [1.54, 1.807) is 0 Å². The Morgan fingerprint density at radius 2 is 1.21 bits per heavy atom. The first-order valence-electron chi connectivity index (χ1n) is 13.9. The summed E-state index contributed by atoms with van der Waals surface area (Å²) in [4.78, 5) is 13.8. The van der Waals surface area contributed by atoms with E-state index in [1.807, 2.05) is 0 Å². The van der Waals surface area contributed by atoms with Gasteiger partial charge < -0.3 is 10.0 Å². The molecule has 192 valence electrons. The lowest BCUT2D eigenvalue weighted by molar-refractivity contribution is -0.0357. The van der Waals surface area contributed by atoms with Crippen LogP contribution in [0.4, 0.5) is 0 Å². The summed E-state index contributed by atoms with van der Waals surface area (Å²) in [7, 11) is 0. The van der Waals surface area contributed by atoms with Gasteiger partial charge in [0.2, 0.25) is 0 Å². The van der Waals surface area contributed by atoms with E-state index in [-0.39, 0.29) is 17.7 Å². The fraction of sp³-hybridized carbons (Fsp3) is 1.00. The smallest absolute Gasteiger partial charge is 0.0558 e. The van der Waals surface area contributed by atoms with Gasteiger partial charge in [-0.25, -0.2) is 0 Å². The van der Waals surface area contributed by atoms with Crippen LogP contribution in [-0.4, -0.2) is 130 Å². The predicted molar refractivity (Wildman–Crippen MR) is 138 cm³/mol. The number of hydrogen-bond donors (Lipinski definition) is 1. The first-order valence-corrected chi connectivity index (χ1v) is 13.9. The van der Waals surface area contributed by atoms with Gasteiger partial charge in [0.05, 0.1) is 6.61 Å². The standard InChI is InChI=1S/C27H53N5O/c1-26(2,3)31-12-9-22(29-10-7-8-11-29)19-24(31)25-20-23(21-32(25)27(4,5)6)30-15-13-28(14-16-30)17-18-33/h22-25,33H,7-21H2,1-6H3. The summed E-state index contributed by atoms with van der Waals surface area (Å²) in [6.45, 7) is 25.3. The highest BCUT2D eigenvalue weighted by Gasteiger charge is 2.49. The molecule has 4 heterocycles. The maximum absolute atomic E-state index is 9.32. The lowest BCUT2D eigenvalue weighted by atomic mass is 9.85. The summed E-state index contributed by atoms with van der Waals surface area (Å²) >= 11 is 0. The van der Waals surface area contributed by atoms with E-state index in [2.05, 4.69) is 66.0 Å². The van der Waals surface area contributed by atoms with Gasteiger partial charge in [0, 0.05) is 81.1 Å². The molecule has 4 aliphatic rings. The highest BCUT2D eigenvalue weighted by Crippen LogP contribution is 2.39. The van der Waals surface area contributed by atoms with E-state index in [1.165, 1.54) is 58.3 Å². The van der Waals surface area contributed by atoms with Crippen LogP contribution in [0.3, 0.4) is 0 Å². The Balaban J connectivity index is 1.52. The minimum Gasteiger partial charge on any atom is -0.395 e. The second kappa shape index (κ2) is 10.4. The van der Waals surface area contributed by atoms with Crippen molar-refractivity contribution in [2.75, 3.05) is 65.5 Å². The van der Waals surface area contributed by atoms with Crippen molar-refractivity contribution in [2.45, 2.75) is 109 Å². The number of piperazine rings is 1. The summed E-state index contributed by atoms with van der Waals surface area (Å²) in [5, 5.41) is 9.32. The number of aliphatic hydroxyl groups is 1. The van der Waals surface area contributed by atoms with E-state index in [0.717, 1.165) is 38.8 Å². The van der Waals surface area contributed by atoms with Crippen molar-refractivity contribution in [1.82, 2.24) is 24.5 Å². The Bertz CT molecular complexity index is 615. The van der Waals surface area contributed by atoms with Crippen LogP contribution in [0.1, 0.15) is 73.6 Å². The third-order valence-electron chi connectivity index (χ3n) is 9.10. The van der Waals surface area contributed by atoms with Gasteiger partial charge in [0.1, 0.15) is 0 Å². The molecule has 0 aromatic heterocycles. The number of nitrogens with zero attached hydrogens (tertiary/aromatic N) is 5. The minimum atomic E-state index is 0.197. The monoisotopic (exact) mass is 463 g/mol. The molecule has 6 heteroatoms.